The lowest BCUT2D eigenvalue weighted by molar-refractivity contribution is 0.244. The van der Waals surface area contributed by atoms with Gasteiger partial charge in [0.05, 0.1) is 0 Å². The van der Waals surface area contributed by atoms with Crippen LogP contribution < -0.4 is 5.32 Å². The normalized spacial score (nSPS) is 17.2. The van der Waals surface area contributed by atoms with E-state index in [1.807, 2.05) is 12.1 Å². The summed E-state index contributed by atoms with van der Waals surface area (Å²) in [7, 11) is 0. The SMILES string of the molecule is Cc1[nH]c2cc(Cl)ccc2c1CCN1CCNCC1. The molecule has 3 rings (SSSR count). The molecule has 3 nitrogen and oxygen atoms in total. The topological polar surface area (TPSA) is 31.1 Å². The van der Waals surface area contributed by atoms with E-state index in [0.717, 1.165) is 49.7 Å². The van der Waals surface area contributed by atoms with Crippen LogP contribution in [0.15, 0.2) is 18.2 Å². The molecule has 102 valence electrons. The Balaban J connectivity index is 1.78. The van der Waals surface area contributed by atoms with Crippen LogP contribution in [0.3, 0.4) is 0 Å². The van der Waals surface area contributed by atoms with Gasteiger partial charge in [-0.15, -0.1) is 0 Å². The second kappa shape index (κ2) is 5.53. The molecule has 2 N–H and O–H groups in total. The smallest absolute Gasteiger partial charge is 0.0473 e. The van der Waals surface area contributed by atoms with Crippen LogP contribution in [0.1, 0.15) is 11.3 Å². The number of aromatic amines is 1. The summed E-state index contributed by atoms with van der Waals surface area (Å²) in [5.41, 5.74) is 3.86. The largest absolute Gasteiger partial charge is 0.358 e. The summed E-state index contributed by atoms with van der Waals surface area (Å²) in [6.07, 6.45) is 1.10. The van der Waals surface area contributed by atoms with Crippen LogP contribution >= 0.6 is 11.6 Å². The van der Waals surface area contributed by atoms with Gasteiger partial charge >= 0.3 is 0 Å². The quantitative estimate of drug-likeness (QED) is 0.904. The van der Waals surface area contributed by atoms with Gasteiger partial charge in [-0.05, 0) is 31.0 Å². The van der Waals surface area contributed by atoms with E-state index in [2.05, 4.69) is 28.2 Å². The fraction of sp³-hybridized carbons (Fsp3) is 0.467. The Hall–Kier alpha value is -1.03. The van der Waals surface area contributed by atoms with Gasteiger partial charge in [-0.1, -0.05) is 17.7 Å². The second-order valence-corrected chi connectivity index (χ2v) is 5.70. The fourth-order valence-electron chi connectivity index (χ4n) is 2.89. The summed E-state index contributed by atoms with van der Waals surface area (Å²) in [5, 5.41) is 5.50. The molecule has 1 saturated heterocycles. The number of benzene rings is 1. The van der Waals surface area contributed by atoms with E-state index >= 15 is 0 Å². The Morgan fingerprint density at radius 3 is 2.84 bits per heavy atom. The number of aromatic nitrogens is 1. The molecular formula is C15H20ClN3. The summed E-state index contributed by atoms with van der Waals surface area (Å²) < 4.78 is 0. The number of aryl methyl sites for hydroxylation is 1. The minimum Gasteiger partial charge on any atom is -0.358 e. The zero-order valence-corrected chi connectivity index (χ0v) is 12.1. The Kier molecular flexibility index (Phi) is 3.78. The van der Waals surface area contributed by atoms with Crippen molar-refractivity contribution in [2.75, 3.05) is 32.7 Å². The summed E-state index contributed by atoms with van der Waals surface area (Å²) in [5.74, 6) is 0. The van der Waals surface area contributed by atoms with Crippen molar-refractivity contribution in [2.24, 2.45) is 0 Å². The monoisotopic (exact) mass is 277 g/mol. The predicted molar refractivity (Wildman–Crippen MR) is 81.1 cm³/mol. The summed E-state index contributed by atoms with van der Waals surface area (Å²) in [6, 6.07) is 6.12. The molecule has 0 atom stereocenters. The first-order chi connectivity index (χ1) is 9.24. The fourth-order valence-corrected chi connectivity index (χ4v) is 3.06. The molecule has 0 unspecified atom stereocenters. The van der Waals surface area contributed by atoms with E-state index in [1.54, 1.807) is 0 Å². The van der Waals surface area contributed by atoms with Crippen LogP contribution in [0, 0.1) is 6.92 Å². The molecule has 0 saturated carbocycles. The van der Waals surface area contributed by atoms with Crippen molar-refractivity contribution in [3.63, 3.8) is 0 Å². The second-order valence-electron chi connectivity index (χ2n) is 5.26. The van der Waals surface area contributed by atoms with Crippen LogP contribution in [0.2, 0.25) is 5.02 Å². The number of rotatable bonds is 3. The summed E-state index contributed by atoms with van der Waals surface area (Å²) in [6.45, 7) is 7.84. The van der Waals surface area contributed by atoms with Gasteiger partial charge in [-0.25, -0.2) is 0 Å². The number of nitrogens with zero attached hydrogens (tertiary/aromatic N) is 1. The van der Waals surface area contributed by atoms with E-state index in [4.69, 9.17) is 11.6 Å². The van der Waals surface area contributed by atoms with Crippen LogP contribution in [0.5, 0.6) is 0 Å². The van der Waals surface area contributed by atoms with Crippen LogP contribution in [-0.4, -0.2) is 42.6 Å². The van der Waals surface area contributed by atoms with Crippen molar-refractivity contribution in [1.82, 2.24) is 15.2 Å². The minimum absolute atomic E-state index is 0.794. The molecule has 0 aliphatic carbocycles. The first kappa shape index (κ1) is 13.0. The Labute approximate surface area is 118 Å². The zero-order valence-electron chi connectivity index (χ0n) is 11.3. The van der Waals surface area contributed by atoms with Crippen molar-refractivity contribution in [3.8, 4) is 0 Å². The molecular weight excluding hydrogens is 258 g/mol. The molecule has 0 spiro atoms. The minimum atomic E-state index is 0.794. The van der Waals surface area contributed by atoms with Gasteiger partial charge in [0, 0.05) is 54.3 Å². The average molecular weight is 278 g/mol. The van der Waals surface area contributed by atoms with Crippen molar-refractivity contribution < 1.29 is 0 Å². The number of H-pyrrole nitrogens is 1. The lowest BCUT2D eigenvalue weighted by atomic mass is 10.1. The van der Waals surface area contributed by atoms with Gasteiger partial charge < -0.3 is 15.2 Å². The molecule has 0 bridgehead atoms. The molecule has 0 radical (unpaired) electrons. The van der Waals surface area contributed by atoms with E-state index in [-0.39, 0.29) is 0 Å². The first-order valence-corrected chi connectivity index (χ1v) is 7.31. The predicted octanol–water partition coefficient (Wildman–Crippen LogP) is 2.58. The van der Waals surface area contributed by atoms with E-state index in [1.165, 1.54) is 16.6 Å². The Bertz CT molecular complexity index is 570. The third-order valence-corrected chi connectivity index (χ3v) is 4.20. The maximum atomic E-state index is 6.04. The third kappa shape index (κ3) is 2.78. The molecule has 1 aromatic carbocycles. The average Bonchev–Trinajstić information content (AvgIpc) is 2.72. The maximum absolute atomic E-state index is 6.04. The number of hydrogen-bond acceptors (Lipinski definition) is 2. The highest BCUT2D eigenvalue weighted by molar-refractivity contribution is 6.31. The molecule has 1 aromatic heterocycles. The summed E-state index contributed by atoms with van der Waals surface area (Å²) in [4.78, 5) is 5.97. The molecule has 0 amide bonds. The number of hydrogen-bond donors (Lipinski definition) is 2. The molecule has 19 heavy (non-hydrogen) atoms. The van der Waals surface area contributed by atoms with Crippen LogP contribution in [-0.2, 0) is 6.42 Å². The van der Waals surface area contributed by atoms with Crippen LogP contribution in [0.25, 0.3) is 10.9 Å². The molecule has 2 heterocycles. The van der Waals surface area contributed by atoms with Gasteiger partial charge in [-0.3, -0.25) is 0 Å². The third-order valence-electron chi connectivity index (χ3n) is 3.97. The maximum Gasteiger partial charge on any atom is 0.0473 e. The number of fused-ring (bicyclic) bond motifs is 1. The van der Waals surface area contributed by atoms with Crippen molar-refractivity contribution in [1.29, 1.82) is 0 Å². The molecule has 1 fully saturated rings. The first-order valence-electron chi connectivity index (χ1n) is 6.94. The lowest BCUT2D eigenvalue weighted by Gasteiger charge is -2.27. The zero-order chi connectivity index (χ0) is 13.2. The van der Waals surface area contributed by atoms with Gasteiger partial charge in [0.25, 0.3) is 0 Å². The van der Waals surface area contributed by atoms with Crippen molar-refractivity contribution in [3.05, 3.63) is 34.5 Å². The molecule has 1 aliphatic rings. The molecule has 2 aromatic rings. The standard InChI is InChI=1S/C15H20ClN3/c1-11-13(4-7-19-8-5-17-6-9-19)14-3-2-12(16)10-15(14)18-11/h2-3,10,17-18H,4-9H2,1H3. The highest BCUT2D eigenvalue weighted by Gasteiger charge is 2.13. The van der Waals surface area contributed by atoms with E-state index in [9.17, 15) is 0 Å². The molecule has 4 heteroatoms. The molecule has 1 aliphatic heterocycles. The number of halogens is 1. The number of piperazine rings is 1. The van der Waals surface area contributed by atoms with Crippen molar-refractivity contribution >= 4 is 22.5 Å². The Morgan fingerprint density at radius 2 is 2.05 bits per heavy atom. The van der Waals surface area contributed by atoms with E-state index in [0.29, 0.717) is 0 Å². The summed E-state index contributed by atoms with van der Waals surface area (Å²) >= 11 is 6.04. The number of nitrogens with one attached hydrogen (secondary N) is 2. The van der Waals surface area contributed by atoms with Gasteiger partial charge in [0.2, 0.25) is 0 Å². The Morgan fingerprint density at radius 1 is 1.26 bits per heavy atom. The van der Waals surface area contributed by atoms with Gasteiger partial charge in [0.15, 0.2) is 0 Å². The van der Waals surface area contributed by atoms with Crippen LogP contribution in [0.4, 0.5) is 0 Å². The highest BCUT2D eigenvalue weighted by atomic mass is 35.5. The lowest BCUT2D eigenvalue weighted by Crippen LogP contribution is -2.44. The van der Waals surface area contributed by atoms with E-state index < -0.39 is 0 Å². The highest BCUT2D eigenvalue weighted by Crippen LogP contribution is 2.25. The van der Waals surface area contributed by atoms with Crippen molar-refractivity contribution in [2.45, 2.75) is 13.3 Å². The van der Waals surface area contributed by atoms with Gasteiger partial charge in [-0.2, -0.15) is 0 Å². The van der Waals surface area contributed by atoms with Gasteiger partial charge in [0.1, 0.15) is 0 Å².